The minimum atomic E-state index is -0.201. The SMILES string of the molecule is Cc1cc2c(cc1N1c3ccc4c(c3[B]c3c(-c5cc6c(cc5Nc5ccc7c(c5)C(C)(C)CCC7(C)C)C(C)(C)CCC6(C)C)cc5ccccc5c31)C(C)(C)c1ccccc1-4)C(C)(C)CCC2(C)C. The average Bonchev–Trinajstić information content (AvgIpc) is 3.56. The van der Waals surface area contributed by atoms with Crippen molar-refractivity contribution < 1.29 is 0 Å². The van der Waals surface area contributed by atoms with Gasteiger partial charge in [-0.3, -0.25) is 0 Å². The van der Waals surface area contributed by atoms with E-state index >= 15 is 0 Å². The number of nitrogens with one attached hydrogen (secondary N) is 1. The molecule has 71 heavy (non-hydrogen) atoms. The van der Waals surface area contributed by atoms with E-state index in [0.717, 1.165) is 12.8 Å². The molecule has 12 rings (SSSR count). The van der Waals surface area contributed by atoms with Crippen molar-refractivity contribution in [2.45, 2.75) is 180 Å². The van der Waals surface area contributed by atoms with Gasteiger partial charge in [0.1, 0.15) is 0 Å². The molecule has 0 spiro atoms. The summed E-state index contributed by atoms with van der Waals surface area (Å²) in [7, 11) is 2.62. The summed E-state index contributed by atoms with van der Waals surface area (Å²) in [5.74, 6) is 0. The lowest BCUT2D eigenvalue weighted by Crippen LogP contribution is -2.45. The third kappa shape index (κ3) is 6.86. The average molecular weight is 932 g/mol. The van der Waals surface area contributed by atoms with Crippen molar-refractivity contribution in [1.82, 2.24) is 0 Å². The molecule has 1 aliphatic heterocycles. The summed E-state index contributed by atoms with van der Waals surface area (Å²) in [6, 6.07) is 43.5. The van der Waals surface area contributed by atoms with Crippen LogP contribution in [-0.2, 0) is 37.9 Å². The van der Waals surface area contributed by atoms with E-state index in [9.17, 15) is 0 Å². The lowest BCUT2D eigenvalue weighted by atomic mass is 9.54. The second-order valence-corrected chi connectivity index (χ2v) is 27.3. The number of anilines is 5. The number of benzene rings is 7. The van der Waals surface area contributed by atoms with Crippen molar-refractivity contribution in [2.24, 2.45) is 0 Å². The Kier molecular flexibility index (Phi) is 9.85. The van der Waals surface area contributed by atoms with Gasteiger partial charge in [0, 0.05) is 44.8 Å². The second kappa shape index (κ2) is 15.0. The molecule has 0 bridgehead atoms. The third-order valence-electron chi connectivity index (χ3n) is 19.4. The van der Waals surface area contributed by atoms with Crippen molar-refractivity contribution >= 4 is 57.4 Å². The van der Waals surface area contributed by atoms with E-state index in [0.29, 0.717) is 0 Å². The number of hydrogen-bond acceptors (Lipinski definition) is 2. The molecule has 4 aliphatic carbocycles. The van der Waals surface area contributed by atoms with Crippen LogP contribution in [0.1, 0.15) is 186 Å². The zero-order valence-corrected chi connectivity index (χ0v) is 45.7. The van der Waals surface area contributed by atoms with E-state index in [-0.39, 0.29) is 37.9 Å². The summed E-state index contributed by atoms with van der Waals surface area (Å²) in [6.07, 6.45) is 7.07. The smallest absolute Gasteiger partial charge is 0.198 e. The molecule has 0 fully saturated rings. The Labute approximate surface area is 427 Å². The zero-order valence-electron chi connectivity index (χ0n) is 45.7. The van der Waals surface area contributed by atoms with E-state index in [1.165, 1.54) is 148 Å². The Balaban J connectivity index is 1.18. The highest BCUT2D eigenvalue weighted by Crippen LogP contribution is 2.56. The van der Waals surface area contributed by atoms with E-state index < -0.39 is 0 Å². The van der Waals surface area contributed by atoms with E-state index in [2.05, 4.69) is 231 Å². The molecule has 361 valence electrons. The van der Waals surface area contributed by atoms with Crippen LogP contribution < -0.4 is 21.1 Å². The fourth-order valence-electron chi connectivity index (χ4n) is 14.4. The predicted molar refractivity (Wildman–Crippen MR) is 307 cm³/mol. The molecule has 1 heterocycles. The maximum absolute atomic E-state index is 4.22. The summed E-state index contributed by atoms with van der Waals surface area (Å²) in [6.45, 7) is 36.8. The maximum atomic E-state index is 4.22. The Bertz CT molecular complexity index is 3420. The normalized spacial score (nSPS) is 20.6. The summed E-state index contributed by atoms with van der Waals surface area (Å²) < 4.78 is 0. The molecule has 7 aromatic carbocycles. The van der Waals surface area contributed by atoms with Crippen LogP contribution in [0, 0.1) is 6.92 Å². The summed E-state index contributed by atoms with van der Waals surface area (Å²) in [4.78, 5) is 2.72. The number of aryl methyl sites for hydroxylation is 1. The molecule has 2 nitrogen and oxygen atoms in total. The Morgan fingerprint density at radius 3 is 1.63 bits per heavy atom. The predicted octanol–water partition coefficient (Wildman–Crippen LogP) is 17.4. The van der Waals surface area contributed by atoms with Gasteiger partial charge in [-0.25, -0.2) is 0 Å². The molecular weight excluding hydrogens is 856 g/mol. The quantitative estimate of drug-likeness (QED) is 0.177. The number of rotatable bonds is 4. The minimum absolute atomic E-state index is 0.0241. The van der Waals surface area contributed by atoms with Gasteiger partial charge in [-0.15, -0.1) is 0 Å². The lowest BCUT2D eigenvalue weighted by Gasteiger charge is -2.44. The van der Waals surface area contributed by atoms with Gasteiger partial charge in [-0.05, 0) is 198 Å². The molecule has 0 amide bonds. The molecule has 0 saturated carbocycles. The first-order valence-electron chi connectivity index (χ1n) is 27.1. The Hall–Kier alpha value is -5.54. The molecular formula is C68H76BN2. The Morgan fingerprint density at radius 2 is 0.972 bits per heavy atom. The highest BCUT2D eigenvalue weighted by molar-refractivity contribution is 6.74. The minimum Gasteiger partial charge on any atom is -0.355 e. The first kappa shape index (κ1) is 46.5. The van der Waals surface area contributed by atoms with Crippen LogP contribution in [0.15, 0.2) is 109 Å². The van der Waals surface area contributed by atoms with E-state index in [4.69, 9.17) is 0 Å². The molecule has 0 aromatic heterocycles. The first-order valence-corrected chi connectivity index (χ1v) is 27.1. The van der Waals surface area contributed by atoms with Crippen LogP contribution >= 0.6 is 0 Å². The van der Waals surface area contributed by atoms with Crippen LogP contribution in [0.3, 0.4) is 0 Å². The maximum Gasteiger partial charge on any atom is 0.198 e. The molecule has 1 radical (unpaired) electrons. The van der Waals surface area contributed by atoms with Gasteiger partial charge in [0.15, 0.2) is 7.28 Å². The lowest BCUT2D eigenvalue weighted by molar-refractivity contribution is 0.332. The van der Waals surface area contributed by atoms with Crippen LogP contribution in [-0.4, -0.2) is 7.28 Å². The third-order valence-corrected chi connectivity index (χ3v) is 19.4. The van der Waals surface area contributed by atoms with Crippen molar-refractivity contribution in [1.29, 1.82) is 0 Å². The monoisotopic (exact) mass is 932 g/mol. The Morgan fingerprint density at radius 1 is 0.423 bits per heavy atom. The molecule has 1 N–H and O–H groups in total. The molecule has 0 unspecified atom stereocenters. The summed E-state index contributed by atoms with van der Waals surface area (Å²) >= 11 is 0. The first-order chi connectivity index (χ1) is 33.3. The molecule has 0 atom stereocenters. The fraction of sp³-hybridized carbons (Fsp3) is 0.412. The van der Waals surface area contributed by atoms with Crippen molar-refractivity contribution in [3.05, 3.63) is 159 Å². The van der Waals surface area contributed by atoms with Crippen LogP contribution in [0.2, 0.25) is 0 Å². The van der Waals surface area contributed by atoms with Crippen molar-refractivity contribution in [2.75, 3.05) is 10.2 Å². The number of hydrogen-bond donors (Lipinski definition) is 1. The summed E-state index contributed by atoms with van der Waals surface area (Å²) in [5, 5.41) is 6.76. The van der Waals surface area contributed by atoms with Gasteiger partial charge in [0.2, 0.25) is 0 Å². The van der Waals surface area contributed by atoms with Crippen LogP contribution in [0.25, 0.3) is 33.0 Å². The molecule has 7 aromatic rings. The zero-order chi connectivity index (χ0) is 50.2. The highest BCUT2D eigenvalue weighted by Gasteiger charge is 2.45. The topological polar surface area (TPSA) is 15.3 Å². The van der Waals surface area contributed by atoms with Gasteiger partial charge in [-0.1, -0.05) is 169 Å². The number of nitrogens with zero attached hydrogens (tertiary/aromatic N) is 1. The van der Waals surface area contributed by atoms with Gasteiger partial charge in [0.25, 0.3) is 0 Å². The van der Waals surface area contributed by atoms with Gasteiger partial charge in [-0.2, -0.15) is 0 Å². The van der Waals surface area contributed by atoms with Crippen LogP contribution in [0.4, 0.5) is 28.4 Å². The van der Waals surface area contributed by atoms with Gasteiger partial charge >= 0.3 is 0 Å². The van der Waals surface area contributed by atoms with Gasteiger partial charge < -0.3 is 10.2 Å². The fourth-order valence-corrected chi connectivity index (χ4v) is 14.4. The van der Waals surface area contributed by atoms with E-state index in [1.807, 2.05) is 0 Å². The van der Waals surface area contributed by atoms with Gasteiger partial charge in [0.05, 0.1) is 0 Å². The summed E-state index contributed by atoms with van der Waals surface area (Å²) in [5.41, 5.74) is 27.4. The molecule has 0 saturated heterocycles. The highest BCUT2D eigenvalue weighted by atomic mass is 15.2. The molecule has 3 heteroatoms. The largest absolute Gasteiger partial charge is 0.355 e. The molecule has 5 aliphatic rings. The van der Waals surface area contributed by atoms with Crippen molar-refractivity contribution in [3.63, 3.8) is 0 Å². The van der Waals surface area contributed by atoms with Crippen LogP contribution in [0.5, 0.6) is 0 Å². The second-order valence-electron chi connectivity index (χ2n) is 27.3. The number of fused-ring (bicyclic) bond motifs is 11. The van der Waals surface area contributed by atoms with Crippen molar-refractivity contribution in [3.8, 4) is 22.3 Å². The van der Waals surface area contributed by atoms with E-state index in [1.54, 1.807) is 0 Å². The standard InChI is InChI=1S/C68H76BN2/c1-40-34-50-54(67(12,13)33-30-63(50,4)5)39-57(40)71-56-27-25-45-44-22-18-19-23-48(44)68(14,15)58(45)60(56)69-59-47(35-41-20-16-17-21-43(41)61(59)71)46-37-52-53(66(10,11)32-31-65(52,8)9)38-55(46)70-42-24-26-49-51(36-42)64(6,7)29-28-62(49,2)3/h16-27,34-39,70H,28-33H2,1-15H3.